The molecule has 2 aromatic carbocycles. The highest BCUT2D eigenvalue weighted by Gasteiger charge is 2.19. The lowest BCUT2D eigenvalue weighted by Gasteiger charge is -2.35. The van der Waals surface area contributed by atoms with Gasteiger partial charge in [0.05, 0.1) is 6.54 Å². The predicted octanol–water partition coefficient (Wildman–Crippen LogP) is 2.51. The molecular weight excluding hydrogens is 366 g/mol. The Morgan fingerprint density at radius 2 is 1.74 bits per heavy atom. The molecule has 2 aromatic rings. The van der Waals surface area contributed by atoms with E-state index >= 15 is 0 Å². The van der Waals surface area contributed by atoms with Crippen molar-refractivity contribution in [2.75, 3.05) is 44.4 Å². The van der Waals surface area contributed by atoms with Crippen molar-refractivity contribution in [2.24, 2.45) is 0 Å². The number of halogens is 1. The summed E-state index contributed by atoms with van der Waals surface area (Å²) < 4.78 is 10.7. The molecule has 0 aromatic heterocycles. The summed E-state index contributed by atoms with van der Waals surface area (Å²) in [5.41, 5.74) is 2.17. The average Bonchev–Trinajstić information content (AvgIpc) is 3.15. The number of hydrogen-bond donors (Lipinski definition) is 1. The normalized spacial score (nSPS) is 16.4. The second kappa shape index (κ2) is 8.06. The first-order valence-electron chi connectivity index (χ1n) is 9.05. The SMILES string of the molecule is O=C(CN1CCN(c2ccc(Cl)cc2)CC1)NCc1ccc2c(c1)OCO2. The second-order valence-corrected chi connectivity index (χ2v) is 7.14. The van der Waals surface area contributed by atoms with Crippen molar-refractivity contribution < 1.29 is 14.3 Å². The molecule has 142 valence electrons. The zero-order chi connectivity index (χ0) is 18.6. The van der Waals surface area contributed by atoms with Gasteiger partial charge in [0.2, 0.25) is 12.7 Å². The highest BCUT2D eigenvalue weighted by atomic mass is 35.5. The van der Waals surface area contributed by atoms with Crippen molar-refractivity contribution in [3.63, 3.8) is 0 Å². The molecule has 0 bridgehead atoms. The van der Waals surface area contributed by atoms with Gasteiger partial charge in [-0.25, -0.2) is 0 Å². The summed E-state index contributed by atoms with van der Waals surface area (Å²) >= 11 is 5.95. The van der Waals surface area contributed by atoms with E-state index in [1.54, 1.807) is 0 Å². The topological polar surface area (TPSA) is 54.0 Å². The number of hydrogen-bond acceptors (Lipinski definition) is 5. The fraction of sp³-hybridized carbons (Fsp3) is 0.350. The van der Waals surface area contributed by atoms with Gasteiger partial charge in [-0.05, 0) is 42.0 Å². The minimum atomic E-state index is 0.0348. The number of ether oxygens (including phenoxy) is 2. The van der Waals surface area contributed by atoms with Crippen LogP contribution in [0.5, 0.6) is 11.5 Å². The largest absolute Gasteiger partial charge is 0.454 e. The van der Waals surface area contributed by atoms with Crippen LogP contribution < -0.4 is 19.7 Å². The molecule has 0 unspecified atom stereocenters. The maximum Gasteiger partial charge on any atom is 0.234 e. The fourth-order valence-corrected chi connectivity index (χ4v) is 3.45. The molecule has 2 heterocycles. The number of benzene rings is 2. The van der Waals surface area contributed by atoms with E-state index in [4.69, 9.17) is 21.1 Å². The summed E-state index contributed by atoms with van der Waals surface area (Å²) in [6, 6.07) is 13.6. The Morgan fingerprint density at radius 1 is 1.00 bits per heavy atom. The lowest BCUT2D eigenvalue weighted by atomic mass is 10.2. The first-order valence-corrected chi connectivity index (χ1v) is 9.43. The number of anilines is 1. The first-order chi connectivity index (χ1) is 13.2. The van der Waals surface area contributed by atoms with Gasteiger partial charge in [-0.2, -0.15) is 0 Å². The number of carbonyl (C=O) groups is 1. The van der Waals surface area contributed by atoms with Crippen LogP contribution in [0, 0.1) is 0 Å². The highest BCUT2D eigenvalue weighted by Crippen LogP contribution is 2.32. The van der Waals surface area contributed by atoms with Crippen LogP contribution in [0.15, 0.2) is 42.5 Å². The molecular formula is C20H22ClN3O3. The molecule has 0 spiro atoms. The van der Waals surface area contributed by atoms with Gasteiger partial charge in [0.25, 0.3) is 0 Å². The number of nitrogens with zero attached hydrogens (tertiary/aromatic N) is 2. The molecule has 7 heteroatoms. The lowest BCUT2D eigenvalue weighted by molar-refractivity contribution is -0.122. The fourth-order valence-electron chi connectivity index (χ4n) is 3.33. The monoisotopic (exact) mass is 387 g/mol. The third-order valence-corrected chi connectivity index (χ3v) is 5.11. The quantitative estimate of drug-likeness (QED) is 0.854. The van der Waals surface area contributed by atoms with Crippen LogP contribution in [0.4, 0.5) is 5.69 Å². The Morgan fingerprint density at radius 3 is 2.52 bits per heavy atom. The zero-order valence-corrected chi connectivity index (χ0v) is 15.7. The summed E-state index contributed by atoms with van der Waals surface area (Å²) in [5.74, 6) is 1.52. The minimum absolute atomic E-state index is 0.0348. The van der Waals surface area contributed by atoms with Gasteiger partial charge in [0.1, 0.15) is 0 Å². The highest BCUT2D eigenvalue weighted by molar-refractivity contribution is 6.30. The molecule has 1 amide bonds. The third-order valence-electron chi connectivity index (χ3n) is 4.86. The predicted molar refractivity (Wildman–Crippen MR) is 105 cm³/mol. The van der Waals surface area contributed by atoms with E-state index in [2.05, 4.69) is 15.1 Å². The molecule has 0 radical (unpaired) electrons. The molecule has 1 saturated heterocycles. The summed E-state index contributed by atoms with van der Waals surface area (Å²) in [4.78, 5) is 16.8. The molecule has 2 aliphatic rings. The Hall–Kier alpha value is -2.44. The van der Waals surface area contributed by atoms with Gasteiger partial charge in [-0.3, -0.25) is 9.69 Å². The van der Waals surface area contributed by atoms with Crippen molar-refractivity contribution in [1.82, 2.24) is 10.2 Å². The number of fused-ring (bicyclic) bond motifs is 1. The van der Waals surface area contributed by atoms with E-state index in [1.807, 2.05) is 42.5 Å². The number of nitrogens with one attached hydrogen (secondary N) is 1. The average molecular weight is 388 g/mol. The van der Waals surface area contributed by atoms with E-state index in [0.717, 1.165) is 48.3 Å². The van der Waals surface area contributed by atoms with Crippen molar-refractivity contribution >= 4 is 23.2 Å². The van der Waals surface area contributed by atoms with Crippen LogP contribution in [-0.2, 0) is 11.3 Å². The van der Waals surface area contributed by atoms with Crippen LogP contribution in [0.3, 0.4) is 0 Å². The maximum absolute atomic E-state index is 12.3. The third kappa shape index (κ3) is 4.46. The number of carbonyl (C=O) groups excluding carboxylic acids is 1. The van der Waals surface area contributed by atoms with Crippen LogP contribution in [0.25, 0.3) is 0 Å². The van der Waals surface area contributed by atoms with E-state index in [9.17, 15) is 4.79 Å². The van der Waals surface area contributed by atoms with Crippen molar-refractivity contribution in [3.8, 4) is 11.5 Å². The Bertz CT molecular complexity index is 805. The maximum atomic E-state index is 12.3. The second-order valence-electron chi connectivity index (χ2n) is 6.70. The summed E-state index contributed by atoms with van der Waals surface area (Å²) in [7, 11) is 0. The van der Waals surface area contributed by atoms with Crippen LogP contribution in [0.2, 0.25) is 5.02 Å². The van der Waals surface area contributed by atoms with Gasteiger partial charge < -0.3 is 19.7 Å². The summed E-state index contributed by atoms with van der Waals surface area (Å²) in [6.45, 7) is 4.68. The van der Waals surface area contributed by atoms with Crippen LogP contribution in [-0.4, -0.2) is 50.3 Å². The number of piperazine rings is 1. The van der Waals surface area contributed by atoms with Crippen LogP contribution >= 0.6 is 11.6 Å². The Kier molecular flexibility index (Phi) is 5.36. The molecule has 0 saturated carbocycles. The van der Waals surface area contributed by atoms with Gasteiger partial charge in [-0.1, -0.05) is 17.7 Å². The van der Waals surface area contributed by atoms with Crippen molar-refractivity contribution in [1.29, 1.82) is 0 Å². The van der Waals surface area contributed by atoms with E-state index in [1.165, 1.54) is 5.69 Å². The first kappa shape index (κ1) is 17.9. The molecule has 6 nitrogen and oxygen atoms in total. The van der Waals surface area contributed by atoms with E-state index in [0.29, 0.717) is 13.1 Å². The van der Waals surface area contributed by atoms with Crippen molar-refractivity contribution in [3.05, 3.63) is 53.1 Å². The lowest BCUT2D eigenvalue weighted by Crippen LogP contribution is -2.49. The standard InChI is InChI=1S/C20H22ClN3O3/c21-16-2-4-17(5-3-16)24-9-7-23(8-10-24)13-20(25)22-12-15-1-6-18-19(11-15)27-14-26-18/h1-6,11H,7-10,12-14H2,(H,22,25). The van der Waals surface area contributed by atoms with Crippen LogP contribution in [0.1, 0.15) is 5.56 Å². The van der Waals surface area contributed by atoms with Gasteiger partial charge in [0, 0.05) is 43.4 Å². The molecule has 4 rings (SSSR count). The molecule has 0 aliphatic carbocycles. The smallest absolute Gasteiger partial charge is 0.234 e. The molecule has 1 fully saturated rings. The molecule has 1 N–H and O–H groups in total. The molecule has 27 heavy (non-hydrogen) atoms. The molecule has 2 aliphatic heterocycles. The number of amides is 1. The Labute approximate surface area is 163 Å². The Balaban J connectivity index is 1.22. The molecule has 0 atom stereocenters. The zero-order valence-electron chi connectivity index (χ0n) is 15.0. The van der Waals surface area contributed by atoms with Gasteiger partial charge >= 0.3 is 0 Å². The number of rotatable bonds is 5. The van der Waals surface area contributed by atoms with E-state index < -0.39 is 0 Å². The summed E-state index contributed by atoms with van der Waals surface area (Å²) in [5, 5.41) is 3.73. The van der Waals surface area contributed by atoms with E-state index in [-0.39, 0.29) is 12.7 Å². The van der Waals surface area contributed by atoms with Crippen molar-refractivity contribution in [2.45, 2.75) is 6.54 Å². The summed E-state index contributed by atoms with van der Waals surface area (Å²) in [6.07, 6.45) is 0. The van der Waals surface area contributed by atoms with Gasteiger partial charge in [-0.15, -0.1) is 0 Å². The van der Waals surface area contributed by atoms with Gasteiger partial charge in [0.15, 0.2) is 11.5 Å². The minimum Gasteiger partial charge on any atom is -0.454 e.